The van der Waals surface area contributed by atoms with Gasteiger partial charge in [-0.25, -0.2) is 4.98 Å². The van der Waals surface area contributed by atoms with Gasteiger partial charge in [-0.05, 0) is 81.6 Å². The van der Waals surface area contributed by atoms with Crippen LogP contribution in [-0.2, 0) is 0 Å². The molecule has 2 aromatic rings. The van der Waals surface area contributed by atoms with Crippen molar-refractivity contribution in [3.05, 3.63) is 34.9 Å². The van der Waals surface area contributed by atoms with Crippen LogP contribution < -0.4 is 0 Å². The molecule has 2 heterocycles. The Morgan fingerprint density at radius 1 is 0.957 bits per heavy atom. The van der Waals surface area contributed by atoms with Crippen LogP contribution in [0.5, 0.6) is 0 Å². The maximum Gasteiger partial charge on any atom is 0.0997 e. The molecule has 0 bridgehead atoms. The Bertz CT molecular complexity index is 666. The number of likely N-dealkylation sites (tertiary alicyclic amines) is 1. The summed E-state index contributed by atoms with van der Waals surface area (Å²) in [6.45, 7) is 10.3. The largest absolute Gasteiger partial charge is 0.303 e. The molecule has 0 radical (unpaired) electrons. The first-order chi connectivity index (χ1) is 10.6. The topological polar surface area (TPSA) is 16.1 Å². The van der Waals surface area contributed by atoms with E-state index in [9.17, 15) is 0 Å². The highest BCUT2D eigenvalue weighted by molar-refractivity contribution is 7.99. The van der Waals surface area contributed by atoms with Crippen LogP contribution in [0, 0.1) is 20.8 Å². The van der Waals surface area contributed by atoms with E-state index in [0.717, 1.165) is 11.3 Å². The molecule has 0 unspecified atom stereocenters. The van der Waals surface area contributed by atoms with E-state index >= 15 is 0 Å². The molecule has 0 spiro atoms. The minimum Gasteiger partial charge on any atom is -0.303 e. The zero-order valence-corrected chi connectivity index (χ0v) is 16.0. The maximum absolute atomic E-state index is 4.90. The fourth-order valence-electron chi connectivity index (χ4n) is 3.13. The summed E-state index contributed by atoms with van der Waals surface area (Å²) in [7, 11) is 0. The molecule has 0 atom stereocenters. The van der Waals surface area contributed by atoms with Crippen molar-refractivity contribution in [2.24, 2.45) is 0 Å². The smallest absolute Gasteiger partial charge is 0.0997 e. The van der Waals surface area contributed by atoms with E-state index in [4.69, 9.17) is 4.98 Å². The highest BCUT2D eigenvalue weighted by Gasteiger charge is 2.11. The lowest BCUT2D eigenvalue weighted by molar-refractivity contribution is 0.242. The first kappa shape index (κ1) is 18.6. The van der Waals surface area contributed by atoms with Gasteiger partial charge in [0.15, 0.2) is 0 Å². The number of aromatic nitrogens is 1. The van der Waals surface area contributed by atoms with E-state index < -0.39 is 0 Å². The molecular weight excluding hydrogens is 324 g/mol. The average molecular weight is 351 g/mol. The number of halogens is 1. The second-order valence-corrected chi connectivity index (χ2v) is 7.57. The van der Waals surface area contributed by atoms with Crippen LogP contribution in [0.15, 0.2) is 23.2 Å². The number of thioether (sulfide) groups is 1. The third-order valence-corrected chi connectivity index (χ3v) is 5.74. The van der Waals surface area contributed by atoms with Gasteiger partial charge in [-0.3, -0.25) is 0 Å². The maximum atomic E-state index is 4.90. The summed E-state index contributed by atoms with van der Waals surface area (Å²) < 4.78 is 0. The molecular formula is C19H27ClN2S. The zero-order valence-electron chi connectivity index (χ0n) is 14.4. The summed E-state index contributed by atoms with van der Waals surface area (Å²) in [5.74, 6) is 1.14. The Kier molecular flexibility index (Phi) is 6.75. The van der Waals surface area contributed by atoms with Crippen LogP contribution >= 0.6 is 24.2 Å². The SMILES string of the molecule is Cc1cc2cc(C)c(SCCN3CCCCC3)nc2cc1C.Cl. The number of nitrogens with zero attached hydrogens (tertiary/aromatic N) is 2. The standard InChI is InChI=1S/C19H26N2S.ClH/c1-14-11-17-12-16(3)19(20-18(17)13-15(14)2)22-10-9-21-7-5-4-6-8-21;/h11-13H,4-10H2,1-3H3;1H. The predicted molar refractivity (Wildman–Crippen MR) is 104 cm³/mol. The van der Waals surface area contributed by atoms with Gasteiger partial charge in [0.1, 0.15) is 0 Å². The molecule has 23 heavy (non-hydrogen) atoms. The van der Waals surface area contributed by atoms with Crippen molar-refractivity contribution in [3.8, 4) is 0 Å². The number of aryl methyl sites for hydroxylation is 3. The highest BCUT2D eigenvalue weighted by Crippen LogP contribution is 2.26. The molecule has 1 fully saturated rings. The summed E-state index contributed by atoms with van der Waals surface area (Å²) in [5.41, 5.74) is 5.11. The first-order valence-electron chi connectivity index (χ1n) is 8.37. The van der Waals surface area contributed by atoms with Gasteiger partial charge in [0.2, 0.25) is 0 Å². The minimum absolute atomic E-state index is 0. The quantitative estimate of drug-likeness (QED) is 0.708. The van der Waals surface area contributed by atoms with Gasteiger partial charge in [-0.1, -0.05) is 6.42 Å². The van der Waals surface area contributed by atoms with E-state index in [0.29, 0.717) is 0 Å². The summed E-state index contributed by atoms with van der Waals surface area (Å²) in [6.07, 6.45) is 4.15. The molecule has 1 aromatic heterocycles. The number of hydrogen-bond acceptors (Lipinski definition) is 3. The van der Waals surface area contributed by atoms with Gasteiger partial charge in [-0.2, -0.15) is 0 Å². The second kappa shape index (κ2) is 8.36. The van der Waals surface area contributed by atoms with E-state index in [1.165, 1.54) is 66.0 Å². The van der Waals surface area contributed by atoms with Crippen molar-refractivity contribution in [1.29, 1.82) is 0 Å². The summed E-state index contributed by atoms with van der Waals surface area (Å²) in [5, 5.41) is 2.47. The third kappa shape index (κ3) is 4.62. The molecule has 4 heteroatoms. The van der Waals surface area contributed by atoms with Crippen LogP contribution in [0.1, 0.15) is 36.0 Å². The Labute approximate surface area is 150 Å². The number of benzene rings is 1. The molecule has 1 aliphatic rings. The Balaban J connectivity index is 0.00000192. The van der Waals surface area contributed by atoms with Crippen molar-refractivity contribution in [2.75, 3.05) is 25.4 Å². The average Bonchev–Trinajstić information content (AvgIpc) is 2.51. The van der Waals surface area contributed by atoms with Gasteiger partial charge < -0.3 is 4.90 Å². The molecule has 126 valence electrons. The number of fused-ring (bicyclic) bond motifs is 1. The van der Waals surface area contributed by atoms with E-state index in [1.807, 2.05) is 11.8 Å². The van der Waals surface area contributed by atoms with Gasteiger partial charge in [0.05, 0.1) is 10.5 Å². The summed E-state index contributed by atoms with van der Waals surface area (Å²) >= 11 is 1.91. The van der Waals surface area contributed by atoms with E-state index in [1.54, 1.807) is 0 Å². The molecule has 2 nitrogen and oxygen atoms in total. The number of pyridine rings is 1. The fourth-order valence-corrected chi connectivity index (χ4v) is 4.12. The van der Waals surface area contributed by atoms with Crippen LogP contribution in [-0.4, -0.2) is 35.3 Å². The number of piperidine rings is 1. The van der Waals surface area contributed by atoms with Crippen LogP contribution in [0.3, 0.4) is 0 Å². The Hall–Kier alpha value is -0.770. The van der Waals surface area contributed by atoms with Crippen molar-refractivity contribution in [1.82, 2.24) is 9.88 Å². The van der Waals surface area contributed by atoms with E-state index in [-0.39, 0.29) is 12.4 Å². The molecule has 0 amide bonds. The summed E-state index contributed by atoms with van der Waals surface area (Å²) in [6, 6.07) is 6.77. The molecule has 3 rings (SSSR count). The van der Waals surface area contributed by atoms with Crippen molar-refractivity contribution in [3.63, 3.8) is 0 Å². The number of rotatable bonds is 4. The zero-order chi connectivity index (χ0) is 15.5. The molecule has 0 N–H and O–H groups in total. The van der Waals surface area contributed by atoms with Gasteiger partial charge in [0.25, 0.3) is 0 Å². The lowest BCUT2D eigenvalue weighted by Crippen LogP contribution is -2.31. The van der Waals surface area contributed by atoms with Crippen LogP contribution in [0.4, 0.5) is 0 Å². The molecule has 1 saturated heterocycles. The Morgan fingerprint density at radius 2 is 1.61 bits per heavy atom. The van der Waals surface area contributed by atoms with Crippen LogP contribution in [0.2, 0.25) is 0 Å². The van der Waals surface area contributed by atoms with Gasteiger partial charge >= 0.3 is 0 Å². The van der Waals surface area contributed by atoms with Gasteiger partial charge in [-0.15, -0.1) is 24.2 Å². The van der Waals surface area contributed by atoms with Crippen molar-refractivity contribution in [2.45, 2.75) is 45.1 Å². The minimum atomic E-state index is 0. The summed E-state index contributed by atoms with van der Waals surface area (Å²) in [4.78, 5) is 7.50. The normalized spacial score (nSPS) is 15.6. The first-order valence-corrected chi connectivity index (χ1v) is 9.36. The fraction of sp³-hybridized carbons (Fsp3) is 0.526. The predicted octanol–water partition coefficient (Wildman–Crippen LogP) is 5.16. The second-order valence-electron chi connectivity index (χ2n) is 6.49. The number of hydrogen-bond donors (Lipinski definition) is 0. The third-order valence-electron chi connectivity index (χ3n) is 4.67. The lowest BCUT2D eigenvalue weighted by atomic mass is 10.1. The van der Waals surface area contributed by atoms with Gasteiger partial charge in [0, 0.05) is 17.7 Å². The Morgan fingerprint density at radius 3 is 2.35 bits per heavy atom. The lowest BCUT2D eigenvalue weighted by Gasteiger charge is -2.26. The molecule has 0 aliphatic carbocycles. The highest BCUT2D eigenvalue weighted by atomic mass is 35.5. The monoisotopic (exact) mass is 350 g/mol. The molecule has 1 aromatic carbocycles. The molecule has 1 aliphatic heterocycles. The molecule has 0 saturated carbocycles. The van der Waals surface area contributed by atoms with E-state index in [2.05, 4.69) is 43.9 Å². The van der Waals surface area contributed by atoms with Crippen molar-refractivity contribution >= 4 is 35.1 Å². The van der Waals surface area contributed by atoms with Crippen molar-refractivity contribution < 1.29 is 0 Å². The van der Waals surface area contributed by atoms with Crippen LogP contribution in [0.25, 0.3) is 10.9 Å².